The lowest BCUT2D eigenvalue weighted by molar-refractivity contribution is -0.149. The number of aliphatic carboxylic acids is 1. The Morgan fingerprint density at radius 3 is 2.73 bits per heavy atom. The molecule has 1 aliphatic rings. The van der Waals surface area contributed by atoms with Gasteiger partial charge in [0.25, 0.3) is 0 Å². The van der Waals surface area contributed by atoms with Crippen LogP contribution in [0.5, 0.6) is 0 Å². The minimum atomic E-state index is -1.13. The van der Waals surface area contributed by atoms with Crippen molar-refractivity contribution >= 4 is 23.2 Å². The number of rotatable bonds is 4. The van der Waals surface area contributed by atoms with Crippen molar-refractivity contribution in [1.82, 2.24) is 5.32 Å². The van der Waals surface area contributed by atoms with Crippen molar-refractivity contribution in [2.24, 2.45) is 5.41 Å². The van der Waals surface area contributed by atoms with Crippen LogP contribution in [0.3, 0.4) is 0 Å². The molecule has 0 spiro atoms. The van der Waals surface area contributed by atoms with Crippen molar-refractivity contribution in [3.8, 4) is 0 Å². The van der Waals surface area contributed by atoms with E-state index in [0.29, 0.717) is 19.4 Å². The fraction of sp³-hybridized carbons (Fsp3) is 0.400. The summed E-state index contributed by atoms with van der Waals surface area (Å²) in [5, 5.41) is 15.4. The molecule has 0 bridgehead atoms. The molecule has 1 amide bonds. The van der Waals surface area contributed by atoms with Gasteiger partial charge in [0.2, 0.25) is 5.91 Å². The van der Waals surface area contributed by atoms with E-state index in [-0.39, 0.29) is 5.91 Å². The fourth-order valence-corrected chi connectivity index (χ4v) is 2.08. The van der Waals surface area contributed by atoms with E-state index in [2.05, 4.69) is 5.32 Å². The van der Waals surface area contributed by atoms with Gasteiger partial charge in [-0.15, -0.1) is 0 Å². The first-order valence-corrected chi connectivity index (χ1v) is 5.62. The molecular weight excluding hydrogens is 214 g/mol. The van der Waals surface area contributed by atoms with E-state index in [9.17, 15) is 9.59 Å². The molecule has 1 heterocycles. The van der Waals surface area contributed by atoms with Crippen molar-refractivity contribution in [1.29, 1.82) is 0 Å². The second-order valence-electron chi connectivity index (χ2n) is 3.70. The highest BCUT2D eigenvalue weighted by atomic mass is 32.1. The predicted molar refractivity (Wildman–Crippen MR) is 55.5 cm³/mol. The maximum Gasteiger partial charge on any atom is 0.319 e. The van der Waals surface area contributed by atoms with Crippen LogP contribution in [0.2, 0.25) is 0 Å². The van der Waals surface area contributed by atoms with Crippen LogP contribution in [-0.4, -0.2) is 17.0 Å². The van der Waals surface area contributed by atoms with E-state index in [0.717, 1.165) is 5.56 Å². The van der Waals surface area contributed by atoms with Crippen molar-refractivity contribution < 1.29 is 14.7 Å². The summed E-state index contributed by atoms with van der Waals surface area (Å²) >= 11 is 1.55. The minimum Gasteiger partial charge on any atom is -0.480 e. The van der Waals surface area contributed by atoms with Gasteiger partial charge in [0.05, 0.1) is 0 Å². The van der Waals surface area contributed by atoms with Crippen molar-refractivity contribution in [3.63, 3.8) is 0 Å². The molecule has 5 heteroatoms. The number of hydrogen-bond donors (Lipinski definition) is 2. The number of nitrogens with one attached hydrogen (secondary N) is 1. The Labute approximate surface area is 90.9 Å². The Morgan fingerprint density at radius 1 is 1.53 bits per heavy atom. The molecule has 0 saturated heterocycles. The monoisotopic (exact) mass is 225 g/mol. The number of carboxylic acids is 1. The molecule has 1 saturated carbocycles. The van der Waals surface area contributed by atoms with Crippen molar-refractivity contribution in [2.75, 3.05) is 0 Å². The molecule has 15 heavy (non-hydrogen) atoms. The lowest BCUT2D eigenvalue weighted by atomic mass is 10.1. The van der Waals surface area contributed by atoms with Gasteiger partial charge in [-0.2, -0.15) is 11.3 Å². The molecule has 1 aliphatic carbocycles. The molecule has 1 fully saturated rings. The highest BCUT2D eigenvalue weighted by Gasteiger charge is 2.56. The van der Waals surface area contributed by atoms with Crippen LogP contribution < -0.4 is 5.32 Å². The van der Waals surface area contributed by atoms with Gasteiger partial charge < -0.3 is 10.4 Å². The molecule has 4 nitrogen and oxygen atoms in total. The number of carbonyl (C=O) groups is 2. The highest BCUT2D eigenvalue weighted by molar-refractivity contribution is 7.07. The second kappa shape index (κ2) is 3.66. The third-order valence-electron chi connectivity index (χ3n) is 2.63. The lowest BCUT2D eigenvalue weighted by Gasteiger charge is -2.09. The van der Waals surface area contributed by atoms with Crippen LogP contribution in [0.1, 0.15) is 18.4 Å². The third-order valence-corrected chi connectivity index (χ3v) is 3.36. The zero-order valence-corrected chi connectivity index (χ0v) is 8.84. The number of hydrogen-bond acceptors (Lipinski definition) is 3. The summed E-state index contributed by atoms with van der Waals surface area (Å²) in [4.78, 5) is 22.4. The first-order chi connectivity index (χ1) is 7.15. The smallest absolute Gasteiger partial charge is 0.319 e. The summed E-state index contributed by atoms with van der Waals surface area (Å²) < 4.78 is 0. The van der Waals surface area contributed by atoms with Gasteiger partial charge in [-0.1, -0.05) is 0 Å². The van der Waals surface area contributed by atoms with Crippen LogP contribution in [0, 0.1) is 5.41 Å². The lowest BCUT2D eigenvalue weighted by Crippen LogP contribution is -2.36. The molecule has 2 rings (SSSR count). The van der Waals surface area contributed by atoms with E-state index >= 15 is 0 Å². The van der Waals surface area contributed by atoms with Gasteiger partial charge in [0.15, 0.2) is 0 Å². The SMILES string of the molecule is O=C(O)C1(C(=O)NCc2ccsc2)CC1. The highest BCUT2D eigenvalue weighted by Crippen LogP contribution is 2.46. The van der Waals surface area contributed by atoms with Gasteiger partial charge in [-0.05, 0) is 35.2 Å². The summed E-state index contributed by atoms with van der Waals surface area (Å²) in [5.41, 5.74) is -0.120. The molecule has 0 aliphatic heterocycles. The Bertz CT molecular complexity index is 381. The maximum absolute atomic E-state index is 11.6. The molecule has 0 unspecified atom stereocenters. The molecule has 80 valence electrons. The maximum atomic E-state index is 11.6. The summed E-state index contributed by atoms with van der Waals surface area (Å²) in [7, 11) is 0. The number of carbonyl (C=O) groups excluding carboxylic acids is 1. The van der Waals surface area contributed by atoms with Crippen LogP contribution in [0.15, 0.2) is 16.8 Å². The minimum absolute atomic E-state index is 0.360. The normalized spacial score (nSPS) is 17.1. The topological polar surface area (TPSA) is 66.4 Å². The summed E-state index contributed by atoms with van der Waals surface area (Å²) in [6.45, 7) is 0.414. The zero-order chi connectivity index (χ0) is 10.9. The fourth-order valence-electron chi connectivity index (χ4n) is 1.41. The quantitative estimate of drug-likeness (QED) is 0.757. The van der Waals surface area contributed by atoms with E-state index < -0.39 is 11.4 Å². The van der Waals surface area contributed by atoms with Gasteiger partial charge in [0.1, 0.15) is 5.41 Å². The predicted octanol–water partition coefficient (Wildman–Crippen LogP) is 1.23. The molecule has 0 radical (unpaired) electrons. The average Bonchev–Trinajstić information content (AvgIpc) is 2.87. The van der Waals surface area contributed by atoms with E-state index in [1.165, 1.54) is 0 Å². The van der Waals surface area contributed by atoms with E-state index in [1.807, 2.05) is 16.8 Å². The first-order valence-electron chi connectivity index (χ1n) is 4.68. The molecular formula is C10H11NO3S. The Balaban J connectivity index is 1.91. The summed E-state index contributed by atoms with van der Waals surface area (Å²) in [6, 6.07) is 1.91. The Kier molecular flexibility index (Phi) is 2.48. The molecule has 0 aromatic carbocycles. The number of carboxylic acid groups (broad SMARTS) is 1. The third kappa shape index (κ3) is 1.87. The molecule has 1 aromatic rings. The Hall–Kier alpha value is -1.36. The summed E-state index contributed by atoms with van der Waals surface area (Å²) in [6.07, 6.45) is 0.912. The standard InChI is InChI=1S/C10H11NO3S/c12-8(10(2-3-10)9(13)14)11-5-7-1-4-15-6-7/h1,4,6H,2-3,5H2,(H,11,12)(H,13,14). The largest absolute Gasteiger partial charge is 0.480 e. The van der Waals surface area contributed by atoms with Gasteiger partial charge in [0, 0.05) is 6.54 Å². The van der Waals surface area contributed by atoms with E-state index in [4.69, 9.17) is 5.11 Å². The second-order valence-corrected chi connectivity index (χ2v) is 4.48. The number of amides is 1. The van der Waals surface area contributed by atoms with Crippen LogP contribution in [0.4, 0.5) is 0 Å². The van der Waals surface area contributed by atoms with Crippen molar-refractivity contribution in [3.05, 3.63) is 22.4 Å². The molecule has 2 N–H and O–H groups in total. The molecule has 0 atom stereocenters. The van der Waals surface area contributed by atoms with Crippen LogP contribution >= 0.6 is 11.3 Å². The number of thiophene rings is 1. The summed E-state index contributed by atoms with van der Waals surface area (Å²) in [5.74, 6) is -1.37. The first kappa shape index (κ1) is 10.2. The Morgan fingerprint density at radius 2 is 2.27 bits per heavy atom. The van der Waals surface area contributed by atoms with Crippen molar-refractivity contribution in [2.45, 2.75) is 19.4 Å². The van der Waals surface area contributed by atoms with Crippen LogP contribution in [-0.2, 0) is 16.1 Å². The van der Waals surface area contributed by atoms with Crippen LogP contribution in [0.25, 0.3) is 0 Å². The van der Waals surface area contributed by atoms with Gasteiger partial charge in [-0.3, -0.25) is 9.59 Å². The average molecular weight is 225 g/mol. The van der Waals surface area contributed by atoms with Gasteiger partial charge >= 0.3 is 5.97 Å². The van der Waals surface area contributed by atoms with E-state index in [1.54, 1.807) is 11.3 Å². The molecule has 1 aromatic heterocycles. The zero-order valence-electron chi connectivity index (χ0n) is 8.03. The van der Waals surface area contributed by atoms with Gasteiger partial charge in [-0.25, -0.2) is 0 Å².